The van der Waals surface area contributed by atoms with E-state index >= 15 is 0 Å². The van der Waals surface area contributed by atoms with E-state index in [0.29, 0.717) is 25.6 Å². The predicted molar refractivity (Wildman–Crippen MR) is 125 cm³/mol. The highest BCUT2D eigenvalue weighted by molar-refractivity contribution is 5.79. The van der Waals surface area contributed by atoms with Gasteiger partial charge in [0.05, 0.1) is 19.3 Å². The fourth-order valence-electron chi connectivity index (χ4n) is 3.45. The van der Waals surface area contributed by atoms with Crippen LogP contribution in [0.15, 0.2) is 47.5 Å². The minimum Gasteiger partial charge on any atom is -0.493 e. The molecule has 0 radical (unpaired) electrons. The van der Waals surface area contributed by atoms with Gasteiger partial charge in [-0.15, -0.1) is 0 Å². The zero-order valence-electron chi connectivity index (χ0n) is 19.1. The lowest BCUT2D eigenvalue weighted by Gasteiger charge is -2.17. The summed E-state index contributed by atoms with van der Waals surface area (Å²) >= 11 is 0. The number of aryl methyl sites for hydroxylation is 1. The van der Waals surface area contributed by atoms with Crippen LogP contribution in [0.5, 0.6) is 11.5 Å². The summed E-state index contributed by atoms with van der Waals surface area (Å²) in [5.74, 6) is 3.02. The summed E-state index contributed by atoms with van der Waals surface area (Å²) in [5.41, 5.74) is 3.44. The highest BCUT2D eigenvalue weighted by atomic mass is 16.5. The van der Waals surface area contributed by atoms with Gasteiger partial charge in [0.1, 0.15) is 11.5 Å². The Bertz CT molecular complexity index is 861. The molecule has 0 amide bonds. The number of guanidine groups is 1. The molecule has 1 unspecified atom stereocenters. The summed E-state index contributed by atoms with van der Waals surface area (Å²) in [6.45, 7) is 9.76. The Kier molecular flexibility index (Phi) is 8.59. The Morgan fingerprint density at radius 3 is 2.74 bits per heavy atom. The topological polar surface area (TPSA) is 64.1 Å². The van der Waals surface area contributed by atoms with Crippen LogP contribution in [-0.2, 0) is 17.8 Å². The summed E-state index contributed by atoms with van der Waals surface area (Å²) in [6, 6.07) is 14.4. The molecule has 2 aromatic rings. The van der Waals surface area contributed by atoms with Crippen molar-refractivity contribution < 1.29 is 14.2 Å². The lowest BCUT2D eigenvalue weighted by molar-refractivity contribution is 0.166. The summed E-state index contributed by atoms with van der Waals surface area (Å²) in [5, 5.41) is 6.76. The van der Waals surface area contributed by atoms with E-state index in [9.17, 15) is 0 Å². The largest absolute Gasteiger partial charge is 0.493 e. The van der Waals surface area contributed by atoms with Crippen molar-refractivity contribution in [3.8, 4) is 11.5 Å². The van der Waals surface area contributed by atoms with Gasteiger partial charge in [0, 0.05) is 38.2 Å². The minimum absolute atomic E-state index is 0.157. The van der Waals surface area contributed by atoms with E-state index < -0.39 is 0 Å². The molecule has 0 bridgehead atoms. The molecule has 1 saturated heterocycles. The number of benzene rings is 2. The summed E-state index contributed by atoms with van der Waals surface area (Å²) < 4.78 is 17.4. The number of ether oxygens (including phenoxy) is 3. The first kappa shape index (κ1) is 22.9. The fraction of sp³-hybridized carbons (Fsp3) is 0.480. The van der Waals surface area contributed by atoms with E-state index in [1.165, 1.54) is 5.56 Å². The minimum atomic E-state index is 0.157. The van der Waals surface area contributed by atoms with Crippen molar-refractivity contribution in [1.29, 1.82) is 0 Å². The molecule has 0 spiro atoms. The number of hydrogen-bond donors (Lipinski definition) is 2. The van der Waals surface area contributed by atoms with Gasteiger partial charge in [-0.25, -0.2) is 0 Å². The number of aliphatic imine (C=N–C) groups is 1. The van der Waals surface area contributed by atoms with Crippen molar-refractivity contribution in [2.45, 2.75) is 46.4 Å². The van der Waals surface area contributed by atoms with Crippen molar-refractivity contribution in [2.75, 3.05) is 26.9 Å². The Hall–Kier alpha value is -2.73. The third-order valence-electron chi connectivity index (χ3n) is 5.12. The molecule has 1 heterocycles. The number of hydrogen-bond acceptors (Lipinski definition) is 4. The molecule has 6 heteroatoms. The maximum Gasteiger partial charge on any atom is 0.191 e. The molecule has 0 saturated carbocycles. The molecule has 1 aliphatic rings. The van der Waals surface area contributed by atoms with Crippen LogP contribution in [0.2, 0.25) is 0 Å². The second-order valence-corrected chi connectivity index (χ2v) is 8.25. The number of rotatable bonds is 9. The van der Waals surface area contributed by atoms with Crippen molar-refractivity contribution in [3.63, 3.8) is 0 Å². The Morgan fingerprint density at radius 2 is 2.00 bits per heavy atom. The molecule has 168 valence electrons. The van der Waals surface area contributed by atoms with Crippen LogP contribution < -0.4 is 20.1 Å². The molecule has 1 atom stereocenters. The summed E-state index contributed by atoms with van der Waals surface area (Å²) in [7, 11) is 1.78. The van der Waals surface area contributed by atoms with Gasteiger partial charge in [-0.2, -0.15) is 0 Å². The van der Waals surface area contributed by atoms with E-state index in [4.69, 9.17) is 14.2 Å². The standard InChI is InChI=1S/C25H35N3O3/c1-18(2)31-23-7-5-6-20(13-23)14-27-25(26-4)28-15-22-9-8-19(3)12-24(22)30-17-21-10-11-29-16-21/h5-9,12-13,18,21H,10-11,14-17H2,1-4H3,(H2,26,27,28). The molecular weight excluding hydrogens is 390 g/mol. The molecule has 0 aromatic heterocycles. The average Bonchev–Trinajstić information content (AvgIpc) is 3.27. The van der Waals surface area contributed by atoms with Gasteiger partial charge in [-0.1, -0.05) is 24.3 Å². The van der Waals surface area contributed by atoms with Gasteiger partial charge in [0.25, 0.3) is 0 Å². The first-order valence-corrected chi connectivity index (χ1v) is 11.0. The highest BCUT2D eigenvalue weighted by Crippen LogP contribution is 2.22. The van der Waals surface area contributed by atoms with Crippen LogP contribution in [0.4, 0.5) is 0 Å². The monoisotopic (exact) mass is 425 g/mol. The maximum atomic E-state index is 6.15. The molecule has 2 N–H and O–H groups in total. The Labute approximate surface area is 186 Å². The predicted octanol–water partition coefficient (Wildman–Crippen LogP) is 4.06. The number of nitrogens with zero attached hydrogens (tertiary/aromatic N) is 1. The van der Waals surface area contributed by atoms with Crippen molar-refractivity contribution in [3.05, 3.63) is 59.2 Å². The normalized spacial score (nSPS) is 16.4. The Balaban J connectivity index is 1.54. The van der Waals surface area contributed by atoms with Crippen LogP contribution in [0, 0.1) is 12.8 Å². The third-order valence-corrected chi connectivity index (χ3v) is 5.12. The van der Waals surface area contributed by atoms with E-state index in [1.807, 2.05) is 26.0 Å². The van der Waals surface area contributed by atoms with Gasteiger partial charge in [-0.05, 0) is 56.5 Å². The Morgan fingerprint density at radius 1 is 1.16 bits per heavy atom. The first-order chi connectivity index (χ1) is 15.0. The smallest absolute Gasteiger partial charge is 0.191 e. The van der Waals surface area contributed by atoms with Crippen LogP contribution >= 0.6 is 0 Å². The highest BCUT2D eigenvalue weighted by Gasteiger charge is 2.17. The lowest BCUT2D eigenvalue weighted by Crippen LogP contribution is -2.36. The van der Waals surface area contributed by atoms with Gasteiger partial charge < -0.3 is 24.8 Å². The van der Waals surface area contributed by atoms with Gasteiger partial charge in [0.2, 0.25) is 0 Å². The molecule has 2 aromatic carbocycles. The summed E-state index contributed by atoms with van der Waals surface area (Å²) in [4.78, 5) is 4.35. The van der Waals surface area contributed by atoms with Crippen LogP contribution in [0.1, 0.15) is 37.0 Å². The molecule has 31 heavy (non-hydrogen) atoms. The quantitative estimate of drug-likeness (QED) is 0.469. The number of nitrogens with one attached hydrogen (secondary N) is 2. The zero-order chi connectivity index (χ0) is 22.1. The van der Waals surface area contributed by atoms with Crippen molar-refractivity contribution >= 4 is 5.96 Å². The maximum absolute atomic E-state index is 6.15. The molecule has 6 nitrogen and oxygen atoms in total. The van der Waals surface area contributed by atoms with Crippen molar-refractivity contribution in [1.82, 2.24) is 10.6 Å². The molecule has 1 aliphatic heterocycles. The van der Waals surface area contributed by atoms with Crippen LogP contribution in [0.25, 0.3) is 0 Å². The zero-order valence-corrected chi connectivity index (χ0v) is 19.1. The first-order valence-electron chi connectivity index (χ1n) is 11.0. The van der Waals surface area contributed by atoms with Crippen molar-refractivity contribution in [2.24, 2.45) is 10.9 Å². The van der Waals surface area contributed by atoms with Gasteiger partial charge in [-0.3, -0.25) is 4.99 Å². The van der Waals surface area contributed by atoms with Gasteiger partial charge in [0.15, 0.2) is 5.96 Å². The molecular formula is C25H35N3O3. The second-order valence-electron chi connectivity index (χ2n) is 8.25. The average molecular weight is 426 g/mol. The van der Waals surface area contributed by atoms with E-state index in [1.54, 1.807) is 7.05 Å². The molecule has 1 fully saturated rings. The van der Waals surface area contributed by atoms with E-state index in [2.05, 4.69) is 52.9 Å². The second kappa shape index (κ2) is 11.6. The molecule has 0 aliphatic carbocycles. The van der Waals surface area contributed by atoms with E-state index in [-0.39, 0.29) is 6.10 Å². The van der Waals surface area contributed by atoms with Crippen LogP contribution in [0.3, 0.4) is 0 Å². The summed E-state index contributed by atoms with van der Waals surface area (Å²) in [6.07, 6.45) is 1.23. The molecule has 3 rings (SSSR count). The lowest BCUT2D eigenvalue weighted by atomic mass is 10.1. The van der Waals surface area contributed by atoms with Gasteiger partial charge >= 0.3 is 0 Å². The van der Waals surface area contributed by atoms with Crippen LogP contribution in [-0.4, -0.2) is 38.9 Å². The fourth-order valence-corrected chi connectivity index (χ4v) is 3.45. The van der Waals surface area contributed by atoms with E-state index in [0.717, 1.165) is 48.2 Å². The third kappa shape index (κ3) is 7.47. The SMILES string of the molecule is CN=C(NCc1cccc(OC(C)C)c1)NCc1ccc(C)cc1OCC1CCOC1.